The molecule has 3 heteroatoms. The molecule has 1 heterocycles. The van der Waals surface area contributed by atoms with E-state index in [2.05, 4.69) is 11.9 Å². The summed E-state index contributed by atoms with van der Waals surface area (Å²) in [4.78, 5) is 4.11. The van der Waals surface area contributed by atoms with Crippen molar-refractivity contribution >= 4 is 5.76 Å². The number of hydrogen-bond donors (Lipinski definition) is 1. The van der Waals surface area contributed by atoms with Crippen LogP contribution in [0.25, 0.3) is 5.76 Å². The predicted octanol–water partition coefficient (Wildman–Crippen LogP) is 3.12. The summed E-state index contributed by atoms with van der Waals surface area (Å²) in [6.07, 6.45) is 5.30. The number of aliphatic hydroxyl groups is 1. The number of aryl methyl sites for hydroxylation is 1. The van der Waals surface area contributed by atoms with E-state index in [9.17, 15) is 5.11 Å². The Kier molecular flexibility index (Phi) is 3.28. The van der Waals surface area contributed by atoms with E-state index in [4.69, 9.17) is 0 Å². The van der Waals surface area contributed by atoms with Gasteiger partial charge in [-0.25, -0.2) is 4.98 Å². The Morgan fingerprint density at radius 1 is 1.35 bits per heavy atom. The molecule has 0 saturated carbocycles. The van der Waals surface area contributed by atoms with Crippen molar-refractivity contribution in [3.63, 3.8) is 0 Å². The highest BCUT2D eigenvalue weighted by Crippen LogP contribution is 2.20. The number of nitrogens with zero attached hydrogens (tertiary/aromatic N) is 2. The first kappa shape index (κ1) is 11.5. The highest BCUT2D eigenvalue weighted by molar-refractivity contribution is 5.53. The number of rotatable bonds is 3. The van der Waals surface area contributed by atoms with Crippen molar-refractivity contribution in [2.75, 3.05) is 0 Å². The van der Waals surface area contributed by atoms with Crippen LogP contribution in [-0.2, 0) is 7.05 Å². The Balaban J connectivity index is 2.23. The first-order valence-electron chi connectivity index (χ1n) is 5.62. The lowest BCUT2D eigenvalue weighted by Gasteiger charge is -2.08. The Hall–Kier alpha value is -2.03. The van der Waals surface area contributed by atoms with Gasteiger partial charge in [0.2, 0.25) is 0 Å². The van der Waals surface area contributed by atoms with Crippen molar-refractivity contribution in [2.45, 2.75) is 12.8 Å². The quantitative estimate of drug-likeness (QED) is 0.820. The van der Waals surface area contributed by atoms with E-state index in [0.717, 1.165) is 0 Å². The molecule has 2 rings (SSSR count). The van der Waals surface area contributed by atoms with Crippen LogP contribution in [0.4, 0.5) is 0 Å². The Bertz CT molecular complexity index is 514. The third-order valence-corrected chi connectivity index (χ3v) is 2.78. The van der Waals surface area contributed by atoms with Gasteiger partial charge in [-0.1, -0.05) is 37.3 Å². The maximum atomic E-state index is 10.00. The molecule has 1 aromatic heterocycles. The topological polar surface area (TPSA) is 38.1 Å². The second kappa shape index (κ2) is 4.87. The lowest BCUT2D eigenvalue weighted by molar-refractivity contribution is 0.497. The highest BCUT2D eigenvalue weighted by atomic mass is 16.3. The second-order valence-corrected chi connectivity index (χ2v) is 4.11. The zero-order valence-corrected chi connectivity index (χ0v) is 10.0. The van der Waals surface area contributed by atoms with Gasteiger partial charge in [-0.3, -0.25) is 0 Å². The molecular weight excluding hydrogens is 212 g/mol. The van der Waals surface area contributed by atoms with Crippen LogP contribution in [0.2, 0.25) is 0 Å². The van der Waals surface area contributed by atoms with Crippen LogP contribution in [0.1, 0.15) is 24.2 Å². The molecule has 0 spiro atoms. The zero-order valence-electron chi connectivity index (χ0n) is 10.0. The molecule has 0 fully saturated rings. The summed E-state index contributed by atoms with van der Waals surface area (Å²) in [5.41, 5.74) is 1.17. The summed E-state index contributed by atoms with van der Waals surface area (Å²) in [6.45, 7) is 2.05. The van der Waals surface area contributed by atoms with Crippen molar-refractivity contribution in [3.05, 3.63) is 60.2 Å². The molecule has 0 saturated heterocycles. The largest absolute Gasteiger partial charge is 0.504 e. The van der Waals surface area contributed by atoms with Gasteiger partial charge in [0.05, 0.1) is 0 Å². The summed E-state index contributed by atoms with van der Waals surface area (Å²) in [5, 5.41) is 10.00. The molecule has 1 aromatic carbocycles. The molecule has 0 amide bonds. The van der Waals surface area contributed by atoms with Crippen molar-refractivity contribution in [2.24, 2.45) is 7.05 Å². The molecule has 17 heavy (non-hydrogen) atoms. The Morgan fingerprint density at radius 2 is 2.06 bits per heavy atom. The minimum absolute atomic E-state index is 0.160. The Morgan fingerprint density at radius 3 is 2.65 bits per heavy atom. The fourth-order valence-electron chi connectivity index (χ4n) is 1.78. The van der Waals surface area contributed by atoms with Gasteiger partial charge in [-0.2, -0.15) is 0 Å². The van der Waals surface area contributed by atoms with Crippen molar-refractivity contribution in [1.82, 2.24) is 9.55 Å². The van der Waals surface area contributed by atoms with E-state index in [1.807, 2.05) is 49.7 Å². The average molecular weight is 228 g/mol. The van der Waals surface area contributed by atoms with Gasteiger partial charge in [0.1, 0.15) is 0 Å². The van der Waals surface area contributed by atoms with Crippen LogP contribution >= 0.6 is 0 Å². The van der Waals surface area contributed by atoms with Gasteiger partial charge < -0.3 is 9.67 Å². The normalized spacial score (nSPS) is 13.6. The molecule has 1 N–H and O–H groups in total. The lowest BCUT2D eigenvalue weighted by atomic mass is 10.0. The highest BCUT2D eigenvalue weighted by Gasteiger charge is 2.08. The zero-order chi connectivity index (χ0) is 12.3. The fraction of sp³-hybridized carbons (Fsp3) is 0.214. The van der Waals surface area contributed by atoms with E-state index < -0.39 is 0 Å². The van der Waals surface area contributed by atoms with E-state index >= 15 is 0 Å². The SMILES string of the molecule is C[C@@H](/C=C(\O)c1nccn1C)c1ccccc1. The molecule has 0 unspecified atom stereocenters. The van der Waals surface area contributed by atoms with Crippen LogP contribution < -0.4 is 0 Å². The Labute approximate surface area is 101 Å². The maximum absolute atomic E-state index is 10.00. The van der Waals surface area contributed by atoms with Gasteiger partial charge >= 0.3 is 0 Å². The predicted molar refractivity (Wildman–Crippen MR) is 68.7 cm³/mol. The molecule has 0 radical (unpaired) electrons. The van der Waals surface area contributed by atoms with E-state index in [0.29, 0.717) is 5.82 Å². The number of allylic oxidation sites excluding steroid dienone is 1. The third-order valence-electron chi connectivity index (χ3n) is 2.78. The summed E-state index contributed by atoms with van der Waals surface area (Å²) in [6, 6.07) is 10.1. The average Bonchev–Trinajstić information content (AvgIpc) is 2.76. The van der Waals surface area contributed by atoms with Crippen molar-refractivity contribution in [3.8, 4) is 0 Å². The monoisotopic (exact) mass is 228 g/mol. The minimum Gasteiger partial charge on any atom is -0.504 e. The fourth-order valence-corrected chi connectivity index (χ4v) is 1.78. The lowest BCUT2D eigenvalue weighted by Crippen LogP contribution is -1.98. The molecule has 0 aliphatic carbocycles. The van der Waals surface area contributed by atoms with Crippen LogP contribution in [0, 0.1) is 0 Å². The molecule has 88 valence electrons. The summed E-state index contributed by atoms with van der Waals surface area (Å²) in [7, 11) is 1.86. The van der Waals surface area contributed by atoms with Gasteiger partial charge in [-0.15, -0.1) is 0 Å². The van der Waals surface area contributed by atoms with Gasteiger partial charge in [0.15, 0.2) is 11.6 Å². The molecule has 0 aliphatic rings. The number of aliphatic hydroxyl groups excluding tert-OH is 1. The summed E-state index contributed by atoms with van der Waals surface area (Å²) in [5.74, 6) is 0.967. The van der Waals surface area contributed by atoms with Crippen LogP contribution in [0.15, 0.2) is 48.8 Å². The molecule has 1 atom stereocenters. The van der Waals surface area contributed by atoms with E-state index in [-0.39, 0.29) is 11.7 Å². The maximum Gasteiger partial charge on any atom is 0.174 e. The molecule has 3 nitrogen and oxygen atoms in total. The van der Waals surface area contributed by atoms with Crippen LogP contribution in [0.5, 0.6) is 0 Å². The molecule has 2 aromatic rings. The number of aromatic nitrogens is 2. The summed E-state index contributed by atoms with van der Waals surface area (Å²) >= 11 is 0. The first-order valence-corrected chi connectivity index (χ1v) is 5.62. The van der Waals surface area contributed by atoms with Gasteiger partial charge in [-0.05, 0) is 11.6 Å². The smallest absolute Gasteiger partial charge is 0.174 e. The molecule has 0 bridgehead atoms. The first-order chi connectivity index (χ1) is 8.18. The van der Waals surface area contributed by atoms with Crippen LogP contribution in [0.3, 0.4) is 0 Å². The minimum atomic E-state index is 0.160. The molecule has 0 aliphatic heterocycles. The van der Waals surface area contributed by atoms with Crippen molar-refractivity contribution < 1.29 is 5.11 Å². The number of benzene rings is 1. The molecular formula is C14H16N2O. The standard InChI is InChI=1S/C14H16N2O/c1-11(12-6-4-3-5-7-12)10-13(17)14-15-8-9-16(14)2/h3-11,17H,1-2H3/b13-10-/t11-/m0/s1. The van der Waals surface area contributed by atoms with E-state index in [1.54, 1.807) is 10.8 Å². The number of hydrogen-bond acceptors (Lipinski definition) is 2. The van der Waals surface area contributed by atoms with Crippen molar-refractivity contribution in [1.29, 1.82) is 0 Å². The van der Waals surface area contributed by atoms with Crippen LogP contribution in [-0.4, -0.2) is 14.7 Å². The second-order valence-electron chi connectivity index (χ2n) is 4.11. The van der Waals surface area contributed by atoms with Gasteiger partial charge in [0.25, 0.3) is 0 Å². The summed E-state index contributed by atoms with van der Waals surface area (Å²) < 4.78 is 1.80. The third kappa shape index (κ3) is 2.56. The number of imidazole rings is 1. The van der Waals surface area contributed by atoms with E-state index in [1.165, 1.54) is 5.56 Å². The van der Waals surface area contributed by atoms with Gasteiger partial charge in [0, 0.05) is 25.4 Å².